The van der Waals surface area contributed by atoms with Crippen molar-refractivity contribution in [3.05, 3.63) is 35.5 Å². The van der Waals surface area contributed by atoms with Crippen LogP contribution in [0, 0.1) is 35.5 Å². The second-order valence-corrected chi connectivity index (χ2v) is 16.8. The molecule has 1 fully saturated rings. The first kappa shape index (κ1) is 46.0. The Morgan fingerprint density at radius 2 is 1.76 bits per heavy atom. The molecule has 5 N–H and O–H groups in total. The lowest BCUT2D eigenvalue weighted by Crippen LogP contribution is -2.50. The average molecular weight is 762 g/mol. The molecule has 0 saturated carbocycles. The molecule has 3 rings (SSSR count). The molecule has 3 aliphatic rings. The molecule has 2 bridgehead atoms. The van der Waals surface area contributed by atoms with Crippen molar-refractivity contribution < 1.29 is 48.7 Å². The molecule has 0 radical (unpaired) electrons. The number of allylic oxidation sites excluding steroid dienone is 2. The van der Waals surface area contributed by atoms with Crippen LogP contribution in [0.25, 0.3) is 0 Å². The standard InChI is InChI=1S/C43H71NO10/c1-10-34(36(46)11-2)39(47)30(8)21-29(7)35-22-32(45)24-43(50)19-18-27(5)41(54-43)26(4)14-12-13-15-33(17-16-25(3)20-28(35)6)52-38-23-37(53-42(44)49)40(48)31(9)51-38/h14,16-18,25,28-31,33-35,37-41,47-48,50H,10-13,15,19-24H2,1-9H3,(H2,44,49)/b17-16+,26-14-/t25-,28-,29-,30-,31?,33-,34-,35-,37?,38?,39+,40?,41-,43+/m1/s1. The number of hydrogen-bond acceptors (Lipinski definition) is 10. The van der Waals surface area contributed by atoms with Gasteiger partial charge in [-0.2, -0.15) is 0 Å². The first-order chi connectivity index (χ1) is 25.4. The number of hydrogen-bond donors (Lipinski definition) is 4. The van der Waals surface area contributed by atoms with E-state index in [0.29, 0.717) is 25.7 Å². The molecule has 14 atom stereocenters. The number of nitrogens with two attached hydrogens (primary N) is 1. The molecular weight excluding hydrogens is 690 g/mol. The quantitative estimate of drug-likeness (QED) is 0.159. The summed E-state index contributed by atoms with van der Waals surface area (Å²) in [4.78, 5) is 38.0. The summed E-state index contributed by atoms with van der Waals surface area (Å²) in [5, 5.41) is 33.4. The van der Waals surface area contributed by atoms with E-state index >= 15 is 0 Å². The van der Waals surface area contributed by atoms with Crippen LogP contribution in [0.3, 0.4) is 0 Å². The van der Waals surface area contributed by atoms with E-state index in [0.717, 1.165) is 30.4 Å². The van der Waals surface area contributed by atoms with Crippen LogP contribution < -0.4 is 5.73 Å². The first-order valence-electron chi connectivity index (χ1n) is 20.5. The summed E-state index contributed by atoms with van der Waals surface area (Å²) in [6.45, 7) is 17.9. The maximum atomic E-state index is 13.9. The molecular formula is C43H71NO10. The summed E-state index contributed by atoms with van der Waals surface area (Å²) in [7, 11) is 0. The second-order valence-electron chi connectivity index (χ2n) is 16.8. The Labute approximate surface area is 324 Å². The van der Waals surface area contributed by atoms with Crippen LogP contribution in [0.1, 0.15) is 133 Å². The van der Waals surface area contributed by atoms with Crippen LogP contribution in [-0.4, -0.2) is 81.7 Å². The van der Waals surface area contributed by atoms with E-state index in [9.17, 15) is 29.7 Å². The SMILES string of the molecule is CCC(=O)[C@@H](CC)[C@@H](O)[C@H](C)C[C@@H](C)[C@@H]1CC(=O)C[C@]2(O)CC=C(C)[C@H](O2)/C(C)=C\CCC[C@@H](OC2CC(OC(N)=O)C(O)C(C)O2)/C=C/[C@@H](C)C[C@H]1C. The Balaban J connectivity index is 1.90. The van der Waals surface area contributed by atoms with Gasteiger partial charge >= 0.3 is 6.09 Å². The van der Waals surface area contributed by atoms with Gasteiger partial charge in [-0.25, -0.2) is 4.79 Å². The van der Waals surface area contributed by atoms with Gasteiger partial charge in [0.2, 0.25) is 0 Å². The third kappa shape index (κ3) is 13.4. The third-order valence-corrected chi connectivity index (χ3v) is 12.1. The van der Waals surface area contributed by atoms with Crippen molar-refractivity contribution in [2.75, 3.05) is 0 Å². The van der Waals surface area contributed by atoms with Gasteiger partial charge in [0, 0.05) is 31.6 Å². The summed E-state index contributed by atoms with van der Waals surface area (Å²) in [6.07, 6.45) is 7.75. The Hall–Kier alpha value is -2.41. The minimum atomic E-state index is -1.60. The number of fused-ring (bicyclic) bond motifs is 2. The van der Waals surface area contributed by atoms with Gasteiger partial charge in [0.15, 0.2) is 12.1 Å². The molecule has 0 aromatic rings. The highest BCUT2D eigenvalue weighted by Gasteiger charge is 2.41. The van der Waals surface area contributed by atoms with E-state index < -0.39 is 54.6 Å². The molecule has 308 valence electrons. The fourth-order valence-corrected chi connectivity index (χ4v) is 8.85. The fourth-order valence-electron chi connectivity index (χ4n) is 8.85. The highest BCUT2D eigenvalue weighted by Crippen LogP contribution is 2.38. The van der Waals surface area contributed by atoms with Gasteiger partial charge in [-0.05, 0) is 100 Å². The van der Waals surface area contributed by atoms with Crippen LogP contribution in [0.4, 0.5) is 4.79 Å². The van der Waals surface area contributed by atoms with Crippen molar-refractivity contribution in [2.24, 2.45) is 41.2 Å². The Morgan fingerprint density at radius 3 is 2.41 bits per heavy atom. The largest absolute Gasteiger partial charge is 0.443 e. The maximum Gasteiger partial charge on any atom is 0.404 e. The zero-order valence-electron chi connectivity index (χ0n) is 34.4. The Morgan fingerprint density at radius 1 is 1.07 bits per heavy atom. The van der Waals surface area contributed by atoms with Gasteiger partial charge in [0.1, 0.15) is 29.9 Å². The normalized spacial score (nSPS) is 37.3. The molecule has 0 spiro atoms. The van der Waals surface area contributed by atoms with Crippen LogP contribution in [0.2, 0.25) is 0 Å². The van der Waals surface area contributed by atoms with Crippen LogP contribution in [-0.2, 0) is 28.5 Å². The summed E-state index contributed by atoms with van der Waals surface area (Å²) >= 11 is 0. The molecule has 1 saturated heterocycles. The van der Waals surface area contributed by atoms with Crippen molar-refractivity contribution in [1.82, 2.24) is 0 Å². The minimum Gasteiger partial charge on any atom is -0.443 e. The number of aliphatic hydroxyl groups is 3. The Bertz CT molecular complexity index is 1330. The van der Waals surface area contributed by atoms with E-state index in [1.165, 1.54) is 0 Å². The van der Waals surface area contributed by atoms with Gasteiger partial charge in [-0.1, -0.05) is 65.8 Å². The number of ketones is 2. The predicted molar refractivity (Wildman–Crippen MR) is 208 cm³/mol. The summed E-state index contributed by atoms with van der Waals surface area (Å²) in [5.41, 5.74) is 7.23. The first-order valence-corrected chi connectivity index (χ1v) is 20.5. The average Bonchev–Trinajstić information content (AvgIpc) is 3.10. The van der Waals surface area contributed by atoms with E-state index in [4.69, 9.17) is 24.7 Å². The van der Waals surface area contributed by atoms with Crippen LogP contribution in [0.15, 0.2) is 35.5 Å². The molecule has 0 aliphatic carbocycles. The maximum absolute atomic E-state index is 13.9. The highest BCUT2D eigenvalue weighted by molar-refractivity contribution is 5.81. The molecule has 11 nitrogen and oxygen atoms in total. The number of rotatable bonds is 11. The van der Waals surface area contributed by atoms with Crippen molar-refractivity contribution in [3.8, 4) is 0 Å². The zero-order chi connectivity index (χ0) is 40.3. The monoisotopic (exact) mass is 762 g/mol. The number of ether oxygens (including phenoxy) is 4. The van der Waals surface area contributed by atoms with Gasteiger partial charge in [0.05, 0.1) is 24.7 Å². The van der Waals surface area contributed by atoms with Gasteiger partial charge in [-0.3, -0.25) is 9.59 Å². The lowest BCUT2D eigenvalue weighted by atomic mass is 9.71. The smallest absolute Gasteiger partial charge is 0.404 e. The second kappa shape index (κ2) is 21.2. The minimum absolute atomic E-state index is 0.0384. The summed E-state index contributed by atoms with van der Waals surface area (Å²) in [5.74, 6) is -1.88. The zero-order valence-corrected chi connectivity index (χ0v) is 34.4. The molecule has 54 heavy (non-hydrogen) atoms. The molecule has 3 heterocycles. The fraction of sp³-hybridized carbons (Fsp3) is 0.791. The van der Waals surface area contributed by atoms with Gasteiger partial charge < -0.3 is 40.0 Å². The van der Waals surface area contributed by atoms with Gasteiger partial charge in [-0.15, -0.1) is 0 Å². The highest BCUT2D eigenvalue weighted by atomic mass is 16.7. The van der Waals surface area contributed by atoms with Crippen molar-refractivity contribution >= 4 is 17.7 Å². The van der Waals surface area contributed by atoms with E-state index in [2.05, 4.69) is 39.0 Å². The summed E-state index contributed by atoms with van der Waals surface area (Å²) < 4.78 is 23.9. The molecule has 3 aliphatic heterocycles. The van der Waals surface area contributed by atoms with Gasteiger partial charge in [0.25, 0.3) is 0 Å². The lowest BCUT2D eigenvalue weighted by Gasteiger charge is -2.38. The molecule has 0 aromatic carbocycles. The third-order valence-electron chi connectivity index (χ3n) is 12.1. The topological polar surface area (TPSA) is 175 Å². The molecule has 4 unspecified atom stereocenters. The van der Waals surface area contributed by atoms with E-state index in [1.54, 1.807) is 6.92 Å². The Kier molecular flexibility index (Phi) is 18.1. The molecule has 0 aromatic heterocycles. The van der Waals surface area contributed by atoms with Crippen molar-refractivity contribution in [2.45, 2.75) is 182 Å². The summed E-state index contributed by atoms with van der Waals surface area (Å²) in [6, 6.07) is 0. The number of primary amides is 1. The van der Waals surface area contributed by atoms with E-state index in [-0.39, 0.29) is 72.9 Å². The molecule has 11 heteroatoms. The van der Waals surface area contributed by atoms with Crippen LogP contribution in [0.5, 0.6) is 0 Å². The number of carbonyl (C=O) groups excluding carboxylic acids is 3. The number of aliphatic hydroxyl groups excluding tert-OH is 2. The predicted octanol–water partition coefficient (Wildman–Crippen LogP) is 7.10. The molecule has 1 amide bonds. The number of amides is 1. The van der Waals surface area contributed by atoms with E-state index in [1.807, 2.05) is 40.7 Å². The van der Waals surface area contributed by atoms with Crippen molar-refractivity contribution in [3.63, 3.8) is 0 Å². The number of carbonyl (C=O) groups is 3. The van der Waals surface area contributed by atoms with Crippen molar-refractivity contribution in [1.29, 1.82) is 0 Å². The van der Waals surface area contributed by atoms with Crippen LogP contribution >= 0.6 is 0 Å². The number of Topliss-reactive ketones (excluding diaryl/α,β-unsaturated/α-hetero) is 2. The lowest BCUT2D eigenvalue weighted by molar-refractivity contribution is -0.254.